The Kier molecular flexibility index (Phi) is 5.37. The van der Waals surface area contributed by atoms with E-state index in [1.165, 1.54) is 11.3 Å². The molecule has 0 amide bonds. The fraction of sp³-hybridized carbons (Fsp3) is 0.286. The van der Waals surface area contributed by atoms with E-state index in [9.17, 15) is 0 Å². The summed E-state index contributed by atoms with van der Waals surface area (Å²) in [6.45, 7) is 4.58. The number of benzene rings is 1. The molecule has 2 nitrogen and oxygen atoms in total. The van der Waals surface area contributed by atoms with Crippen LogP contribution in [0.1, 0.15) is 25.8 Å². The molecule has 1 aromatic rings. The number of hydrogen-bond acceptors (Lipinski definition) is 2. The lowest BCUT2D eigenvalue weighted by Gasteiger charge is -2.20. The lowest BCUT2D eigenvalue weighted by atomic mass is 10.1. The van der Waals surface area contributed by atoms with E-state index in [1.54, 1.807) is 0 Å². The molecule has 16 heavy (non-hydrogen) atoms. The highest BCUT2D eigenvalue weighted by molar-refractivity contribution is 5.58. The lowest BCUT2D eigenvalue weighted by molar-refractivity contribution is 1.05. The number of nitrogens with zero attached hydrogens (tertiary/aromatic N) is 1. The Morgan fingerprint density at radius 3 is 2.38 bits per heavy atom. The summed E-state index contributed by atoms with van der Waals surface area (Å²) in [4.78, 5) is 2.10. The molecule has 0 saturated heterocycles. The summed E-state index contributed by atoms with van der Waals surface area (Å²) in [6, 6.07) is 8.20. The Balaban J connectivity index is 0.000000606. The summed E-state index contributed by atoms with van der Waals surface area (Å²) < 4.78 is 0. The van der Waals surface area contributed by atoms with E-state index in [-0.39, 0.29) is 0 Å². The summed E-state index contributed by atoms with van der Waals surface area (Å²) in [5.41, 5.74) is 8.02. The standard InChI is InChI=1S/C12H14N2.C2H6/c13-10-11-6-2-3-7-12(11)14-8-4-1-5-9-14;1-2/h2-9H,1,10,13H2;1-2H3. The third-order valence-electron chi connectivity index (χ3n) is 2.29. The highest BCUT2D eigenvalue weighted by Gasteiger charge is 2.05. The van der Waals surface area contributed by atoms with Crippen molar-refractivity contribution in [2.24, 2.45) is 5.73 Å². The predicted octanol–water partition coefficient (Wildman–Crippen LogP) is 3.41. The first-order chi connectivity index (χ1) is 7.92. The Hall–Kier alpha value is -1.54. The maximum atomic E-state index is 5.68. The second-order valence-electron chi connectivity index (χ2n) is 3.25. The van der Waals surface area contributed by atoms with Gasteiger partial charge in [-0.15, -0.1) is 0 Å². The van der Waals surface area contributed by atoms with Gasteiger partial charge in [0.15, 0.2) is 0 Å². The van der Waals surface area contributed by atoms with Gasteiger partial charge in [0.05, 0.1) is 0 Å². The number of rotatable bonds is 2. The zero-order valence-electron chi connectivity index (χ0n) is 10.1. The van der Waals surface area contributed by atoms with E-state index in [1.807, 2.05) is 26.0 Å². The van der Waals surface area contributed by atoms with Crippen molar-refractivity contribution in [3.05, 3.63) is 54.4 Å². The van der Waals surface area contributed by atoms with Crippen LogP contribution in [0.3, 0.4) is 0 Å². The molecule has 0 radical (unpaired) electrons. The van der Waals surface area contributed by atoms with E-state index in [0.717, 1.165) is 6.42 Å². The van der Waals surface area contributed by atoms with Crippen LogP contribution in [0.2, 0.25) is 0 Å². The van der Waals surface area contributed by atoms with E-state index >= 15 is 0 Å². The molecular weight excluding hydrogens is 196 g/mol. The van der Waals surface area contributed by atoms with Gasteiger partial charge < -0.3 is 10.6 Å². The van der Waals surface area contributed by atoms with Crippen molar-refractivity contribution in [2.45, 2.75) is 26.8 Å². The highest BCUT2D eigenvalue weighted by atomic mass is 15.1. The van der Waals surface area contributed by atoms with E-state index in [4.69, 9.17) is 5.73 Å². The summed E-state index contributed by atoms with van der Waals surface area (Å²) in [7, 11) is 0. The van der Waals surface area contributed by atoms with Crippen molar-refractivity contribution < 1.29 is 0 Å². The molecule has 0 aromatic heterocycles. The highest BCUT2D eigenvalue weighted by Crippen LogP contribution is 2.22. The van der Waals surface area contributed by atoms with Gasteiger partial charge in [-0.05, 0) is 18.1 Å². The maximum Gasteiger partial charge on any atom is 0.0493 e. The fourth-order valence-corrected chi connectivity index (χ4v) is 1.57. The van der Waals surface area contributed by atoms with Crippen molar-refractivity contribution >= 4 is 5.69 Å². The third-order valence-corrected chi connectivity index (χ3v) is 2.29. The van der Waals surface area contributed by atoms with Crippen molar-refractivity contribution in [1.82, 2.24) is 0 Å². The summed E-state index contributed by atoms with van der Waals surface area (Å²) in [5, 5.41) is 0. The second-order valence-corrected chi connectivity index (χ2v) is 3.25. The van der Waals surface area contributed by atoms with Crippen molar-refractivity contribution in [3.63, 3.8) is 0 Å². The van der Waals surface area contributed by atoms with Crippen LogP contribution in [-0.4, -0.2) is 0 Å². The smallest absolute Gasteiger partial charge is 0.0493 e. The van der Waals surface area contributed by atoms with Crippen LogP contribution in [-0.2, 0) is 6.54 Å². The Morgan fingerprint density at radius 1 is 1.12 bits per heavy atom. The topological polar surface area (TPSA) is 29.3 Å². The first-order valence-electron chi connectivity index (χ1n) is 5.81. The monoisotopic (exact) mass is 216 g/mol. The van der Waals surface area contributed by atoms with Gasteiger partial charge in [0.25, 0.3) is 0 Å². The van der Waals surface area contributed by atoms with Gasteiger partial charge in [-0.2, -0.15) is 0 Å². The van der Waals surface area contributed by atoms with Gasteiger partial charge in [-0.1, -0.05) is 44.2 Å². The SMILES string of the molecule is CC.NCc1ccccc1N1C=CCC=C1. The first-order valence-corrected chi connectivity index (χ1v) is 5.81. The Morgan fingerprint density at radius 2 is 1.75 bits per heavy atom. The molecule has 2 N–H and O–H groups in total. The zero-order valence-corrected chi connectivity index (χ0v) is 10.1. The molecule has 0 spiro atoms. The van der Waals surface area contributed by atoms with Gasteiger partial charge >= 0.3 is 0 Å². The van der Waals surface area contributed by atoms with Crippen LogP contribution < -0.4 is 10.6 Å². The number of anilines is 1. The molecule has 1 aromatic carbocycles. The molecule has 1 aliphatic heterocycles. The number of nitrogens with two attached hydrogens (primary N) is 1. The number of para-hydroxylation sites is 1. The van der Waals surface area contributed by atoms with E-state index < -0.39 is 0 Å². The molecule has 0 aliphatic carbocycles. The predicted molar refractivity (Wildman–Crippen MR) is 71.1 cm³/mol. The average Bonchev–Trinajstić information content (AvgIpc) is 2.42. The van der Waals surface area contributed by atoms with E-state index in [2.05, 4.69) is 41.6 Å². The van der Waals surface area contributed by atoms with Gasteiger partial charge in [-0.3, -0.25) is 0 Å². The average molecular weight is 216 g/mol. The van der Waals surface area contributed by atoms with Crippen molar-refractivity contribution in [2.75, 3.05) is 4.90 Å². The quantitative estimate of drug-likeness (QED) is 0.821. The molecule has 86 valence electrons. The largest absolute Gasteiger partial charge is 0.326 e. The second kappa shape index (κ2) is 6.85. The normalized spacial score (nSPS) is 13.3. The minimum atomic E-state index is 0.578. The van der Waals surface area contributed by atoms with Crippen molar-refractivity contribution in [1.29, 1.82) is 0 Å². The van der Waals surface area contributed by atoms with Crippen LogP contribution in [0.4, 0.5) is 5.69 Å². The Bertz CT molecular complexity index is 355. The minimum Gasteiger partial charge on any atom is -0.326 e. The Labute approximate surface area is 98.1 Å². The molecular formula is C14H20N2. The number of hydrogen-bond donors (Lipinski definition) is 1. The molecule has 0 unspecified atom stereocenters. The van der Waals surface area contributed by atoms with E-state index in [0.29, 0.717) is 6.54 Å². The van der Waals surface area contributed by atoms with Crippen LogP contribution in [0, 0.1) is 0 Å². The van der Waals surface area contributed by atoms with Crippen LogP contribution in [0.25, 0.3) is 0 Å². The number of allylic oxidation sites excluding steroid dienone is 2. The van der Waals surface area contributed by atoms with Gasteiger partial charge in [0.2, 0.25) is 0 Å². The van der Waals surface area contributed by atoms with Crippen LogP contribution >= 0.6 is 0 Å². The molecule has 2 rings (SSSR count). The van der Waals surface area contributed by atoms with Gasteiger partial charge in [-0.25, -0.2) is 0 Å². The zero-order chi connectivity index (χ0) is 11.8. The lowest BCUT2D eigenvalue weighted by Crippen LogP contribution is -2.12. The summed E-state index contributed by atoms with van der Waals surface area (Å²) in [6.07, 6.45) is 9.44. The third kappa shape index (κ3) is 2.97. The molecule has 0 atom stereocenters. The summed E-state index contributed by atoms with van der Waals surface area (Å²) >= 11 is 0. The molecule has 1 aliphatic rings. The fourth-order valence-electron chi connectivity index (χ4n) is 1.57. The van der Waals surface area contributed by atoms with Gasteiger partial charge in [0.1, 0.15) is 0 Å². The molecule has 0 bridgehead atoms. The van der Waals surface area contributed by atoms with Crippen LogP contribution in [0.15, 0.2) is 48.8 Å². The maximum absolute atomic E-state index is 5.68. The minimum absolute atomic E-state index is 0.578. The molecule has 0 saturated carbocycles. The van der Waals surface area contributed by atoms with Crippen LogP contribution in [0.5, 0.6) is 0 Å². The van der Waals surface area contributed by atoms with Crippen molar-refractivity contribution in [3.8, 4) is 0 Å². The summed E-state index contributed by atoms with van der Waals surface area (Å²) in [5.74, 6) is 0. The first kappa shape index (κ1) is 12.5. The molecule has 2 heteroatoms. The molecule has 1 heterocycles. The molecule has 0 fully saturated rings. The van der Waals surface area contributed by atoms with Gasteiger partial charge in [0, 0.05) is 24.6 Å².